The van der Waals surface area contributed by atoms with Crippen LogP contribution in [0.15, 0.2) is 23.5 Å². The lowest BCUT2D eigenvalue weighted by atomic mass is 9.84. The lowest BCUT2D eigenvalue weighted by Gasteiger charge is -2.34. The van der Waals surface area contributed by atoms with Gasteiger partial charge < -0.3 is 14.6 Å². The molecule has 0 radical (unpaired) electrons. The summed E-state index contributed by atoms with van der Waals surface area (Å²) in [5, 5.41) is 10.3. The molecule has 1 aliphatic rings. The van der Waals surface area contributed by atoms with E-state index in [1.165, 1.54) is 33.3 Å². The van der Waals surface area contributed by atoms with Gasteiger partial charge in [-0.1, -0.05) is 0 Å². The molecule has 0 bridgehead atoms. The number of ketones is 1. The average molecular weight is 226 g/mol. The van der Waals surface area contributed by atoms with Crippen LogP contribution in [0.1, 0.15) is 6.92 Å². The van der Waals surface area contributed by atoms with Crippen LogP contribution < -0.4 is 0 Å². The number of carbonyl (C=O) groups is 2. The Morgan fingerprint density at radius 3 is 2.56 bits per heavy atom. The largest absolute Gasteiger partial charge is 0.497 e. The molecule has 1 rings (SSSR count). The van der Waals surface area contributed by atoms with Gasteiger partial charge in [0, 0.05) is 12.7 Å². The Bertz CT molecular complexity index is 369. The fourth-order valence-corrected chi connectivity index (χ4v) is 1.65. The zero-order valence-electron chi connectivity index (χ0n) is 9.39. The highest BCUT2D eigenvalue weighted by atomic mass is 16.5. The van der Waals surface area contributed by atoms with Gasteiger partial charge in [0.2, 0.25) is 5.60 Å². The number of carbonyl (C=O) groups excluding carboxylic acids is 2. The monoisotopic (exact) mass is 226 g/mol. The van der Waals surface area contributed by atoms with Crippen LogP contribution in [0, 0.1) is 0 Å². The zero-order chi connectivity index (χ0) is 12.3. The Labute approximate surface area is 93.3 Å². The van der Waals surface area contributed by atoms with E-state index in [2.05, 4.69) is 0 Å². The summed E-state index contributed by atoms with van der Waals surface area (Å²) in [5.41, 5.74) is -1.56. The third-order valence-electron chi connectivity index (χ3n) is 2.58. The van der Waals surface area contributed by atoms with E-state index >= 15 is 0 Å². The second-order valence-electron chi connectivity index (χ2n) is 3.48. The summed E-state index contributed by atoms with van der Waals surface area (Å²) in [5.74, 6) is -0.495. The minimum absolute atomic E-state index is 0.0106. The Balaban J connectivity index is 3.28. The van der Waals surface area contributed by atoms with Crippen molar-refractivity contribution in [3.05, 3.63) is 23.5 Å². The molecule has 88 valence electrons. The molecule has 2 atom stereocenters. The molecule has 2 unspecified atom stereocenters. The normalized spacial score (nSPS) is 29.1. The van der Waals surface area contributed by atoms with E-state index in [1.54, 1.807) is 0 Å². The molecule has 1 aliphatic carbocycles. The Kier molecular flexibility index (Phi) is 3.62. The Morgan fingerprint density at radius 2 is 2.19 bits per heavy atom. The molecule has 0 aromatic heterocycles. The number of hydrogen-bond donors (Lipinski definition) is 1. The number of Topliss-reactive ketones (excluding diaryl/α,β-unsaturated/α-hetero) is 1. The van der Waals surface area contributed by atoms with Crippen LogP contribution in [0.2, 0.25) is 0 Å². The van der Waals surface area contributed by atoms with E-state index in [0.29, 0.717) is 11.9 Å². The van der Waals surface area contributed by atoms with E-state index in [9.17, 15) is 14.7 Å². The minimum atomic E-state index is -1.87. The topological polar surface area (TPSA) is 72.8 Å². The molecule has 5 nitrogen and oxygen atoms in total. The summed E-state index contributed by atoms with van der Waals surface area (Å²) in [4.78, 5) is 22.2. The molecule has 0 heterocycles. The first-order chi connectivity index (χ1) is 7.50. The molecule has 1 N–H and O–H groups in total. The predicted molar refractivity (Wildman–Crippen MR) is 55.7 cm³/mol. The molecule has 0 aromatic rings. The van der Waals surface area contributed by atoms with Gasteiger partial charge in [-0.3, -0.25) is 9.59 Å². The molecule has 0 amide bonds. The smallest absolute Gasteiger partial charge is 0.209 e. The van der Waals surface area contributed by atoms with Gasteiger partial charge in [-0.2, -0.15) is 0 Å². The van der Waals surface area contributed by atoms with Crippen LogP contribution in [0.5, 0.6) is 0 Å². The van der Waals surface area contributed by atoms with Gasteiger partial charge in [0.25, 0.3) is 0 Å². The van der Waals surface area contributed by atoms with E-state index < -0.39 is 17.5 Å². The van der Waals surface area contributed by atoms with Crippen molar-refractivity contribution < 1.29 is 24.2 Å². The lowest BCUT2D eigenvalue weighted by molar-refractivity contribution is -0.146. The van der Waals surface area contributed by atoms with Crippen molar-refractivity contribution >= 4 is 12.1 Å². The van der Waals surface area contributed by atoms with Crippen molar-refractivity contribution in [2.45, 2.75) is 18.6 Å². The van der Waals surface area contributed by atoms with Crippen molar-refractivity contribution in [1.29, 1.82) is 0 Å². The number of rotatable bonds is 4. The summed E-state index contributed by atoms with van der Waals surface area (Å²) >= 11 is 0. The summed E-state index contributed by atoms with van der Waals surface area (Å²) in [7, 11) is 2.66. The average Bonchev–Trinajstić information content (AvgIpc) is 2.28. The van der Waals surface area contributed by atoms with Gasteiger partial charge in [-0.05, 0) is 19.1 Å². The van der Waals surface area contributed by atoms with Crippen LogP contribution in [-0.4, -0.2) is 43.1 Å². The molecular weight excluding hydrogens is 212 g/mol. The third kappa shape index (κ3) is 1.79. The van der Waals surface area contributed by atoms with Crippen LogP contribution in [0.3, 0.4) is 0 Å². The maximum Gasteiger partial charge on any atom is 0.209 e. The zero-order valence-corrected chi connectivity index (χ0v) is 9.39. The highest BCUT2D eigenvalue weighted by molar-refractivity contribution is 5.91. The molecule has 0 aliphatic heterocycles. The SMILES string of the molecule is COC1=CC(C=O)=CC(OC)C1(O)C(C)=O. The summed E-state index contributed by atoms with van der Waals surface area (Å²) < 4.78 is 9.95. The van der Waals surface area contributed by atoms with Crippen molar-refractivity contribution in [3.63, 3.8) is 0 Å². The van der Waals surface area contributed by atoms with Crippen molar-refractivity contribution in [3.8, 4) is 0 Å². The molecule has 0 spiro atoms. The van der Waals surface area contributed by atoms with Gasteiger partial charge in [-0.25, -0.2) is 0 Å². The van der Waals surface area contributed by atoms with Gasteiger partial charge in [-0.15, -0.1) is 0 Å². The number of hydrogen-bond acceptors (Lipinski definition) is 5. The first-order valence-corrected chi connectivity index (χ1v) is 4.70. The summed E-state index contributed by atoms with van der Waals surface area (Å²) in [6.45, 7) is 1.23. The van der Waals surface area contributed by atoms with Crippen LogP contribution in [-0.2, 0) is 19.1 Å². The first kappa shape index (κ1) is 12.6. The standard InChI is InChI=1S/C11H14O5/c1-7(13)11(14)9(15-2)4-8(6-12)5-10(11)16-3/h4-6,9,14H,1-3H3. The summed E-state index contributed by atoms with van der Waals surface area (Å²) in [6, 6.07) is 0. The molecule has 16 heavy (non-hydrogen) atoms. The second kappa shape index (κ2) is 4.59. The minimum Gasteiger partial charge on any atom is -0.497 e. The molecule has 0 saturated carbocycles. The van der Waals surface area contributed by atoms with Gasteiger partial charge in [0.05, 0.1) is 7.11 Å². The Hall–Kier alpha value is -1.46. The molecular formula is C11H14O5. The van der Waals surface area contributed by atoms with Crippen molar-refractivity contribution in [1.82, 2.24) is 0 Å². The van der Waals surface area contributed by atoms with Crippen LogP contribution >= 0.6 is 0 Å². The number of methoxy groups -OCH3 is 2. The Morgan fingerprint density at radius 1 is 1.56 bits per heavy atom. The third-order valence-corrected chi connectivity index (χ3v) is 2.58. The second-order valence-corrected chi connectivity index (χ2v) is 3.48. The number of aldehydes is 1. The van der Waals surface area contributed by atoms with E-state index in [4.69, 9.17) is 9.47 Å². The lowest BCUT2D eigenvalue weighted by Crippen LogP contribution is -2.52. The highest BCUT2D eigenvalue weighted by Crippen LogP contribution is 2.31. The number of allylic oxidation sites excluding steroid dienone is 2. The predicted octanol–water partition coefficient (Wildman–Crippen LogP) is -0.00930. The van der Waals surface area contributed by atoms with Gasteiger partial charge in [0.1, 0.15) is 18.1 Å². The number of ether oxygens (including phenoxy) is 2. The number of aliphatic hydroxyl groups is 1. The van der Waals surface area contributed by atoms with Gasteiger partial charge in [0.15, 0.2) is 5.78 Å². The maximum atomic E-state index is 11.5. The van der Waals surface area contributed by atoms with E-state index in [1.807, 2.05) is 0 Å². The quantitative estimate of drug-likeness (QED) is 0.682. The first-order valence-electron chi connectivity index (χ1n) is 4.70. The van der Waals surface area contributed by atoms with Crippen molar-refractivity contribution in [2.24, 2.45) is 0 Å². The molecule has 5 heteroatoms. The van der Waals surface area contributed by atoms with Gasteiger partial charge >= 0.3 is 0 Å². The fraction of sp³-hybridized carbons (Fsp3) is 0.455. The van der Waals surface area contributed by atoms with E-state index in [-0.39, 0.29) is 5.76 Å². The van der Waals surface area contributed by atoms with Crippen molar-refractivity contribution in [2.75, 3.05) is 14.2 Å². The maximum absolute atomic E-state index is 11.5. The molecule has 0 fully saturated rings. The van der Waals surface area contributed by atoms with Crippen LogP contribution in [0.25, 0.3) is 0 Å². The fourth-order valence-electron chi connectivity index (χ4n) is 1.65. The van der Waals surface area contributed by atoms with Crippen LogP contribution in [0.4, 0.5) is 0 Å². The molecule has 0 aromatic carbocycles. The summed E-state index contributed by atoms with van der Waals surface area (Å²) in [6.07, 6.45) is 2.39. The van der Waals surface area contributed by atoms with E-state index in [0.717, 1.165) is 0 Å². The highest BCUT2D eigenvalue weighted by Gasteiger charge is 2.47. The molecule has 0 saturated heterocycles.